The Balaban J connectivity index is 1.69. The predicted octanol–water partition coefficient (Wildman–Crippen LogP) is 1.72. The summed E-state index contributed by atoms with van der Waals surface area (Å²) in [4.78, 5) is 42.6. The van der Waals surface area contributed by atoms with Crippen LogP contribution in [0.4, 0.5) is 0 Å². The fraction of sp³-hybridized carbons (Fsp3) is 0.176. The molecule has 2 amide bonds. The molecule has 128 valence electrons. The highest BCUT2D eigenvalue weighted by molar-refractivity contribution is 7.12. The topological polar surface area (TPSA) is 104 Å². The Kier molecular flexibility index (Phi) is 4.90. The zero-order valence-corrected chi connectivity index (χ0v) is 14.3. The molecule has 2 aromatic heterocycles. The Morgan fingerprint density at radius 1 is 1.16 bits per heavy atom. The molecule has 0 bridgehead atoms. The smallest absolute Gasteiger partial charge is 0.270 e. The van der Waals surface area contributed by atoms with Crippen molar-refractivity contribution < 1.29 is 14.4 Å². The van der Waals surface area contributed by atoms with Gasteiger partial charge in [-0.05, 0) is 6.07 Å². The first-order valence-corrected chi connectivity index (χ1v) is 8.53. The largest absolute Gasteiger partial charge is 0.360 e. The molecule has 0 aliphatic carbocycles. The molecule has 0 radical (unpaired) electrons. The quantitative estimate of drug-likeness (QED) is 0.462. The average molecular weight is 356 g/mol. The minimum Gasteiger partial charge on any atom is -0.360 e. The maximum absolute atomic E-state index is 12.6. The number of carbonyl (C=O) groups excluding carboxylic acids is 3. The number of ketones is 1. The van der Waals surface area contributed by atoms with Crippen LogP contribution in [0.1, 0.15) is 32.8 Å². The maximum atomic E-state index is 12.6. The number of aromatic amines is 1. The van der Waals surface area contributed by atoms with Gasteiger partial charge in [-0.1, -0.05) is 18.2 Å². The second-order valence-corrected chi connectivity index (χ2v) is 6.21. The standard InChI is InChI=1S/C17H16N4O3S/c1-10(22)18-6-7-19-16(24)14-9-25-17(21-14)15(23)12-8-20-13-5-3-2-4-11(12)13/h2-5,8-9,20H,6-7H2,1H3,(H,18,22)(H,19,24). The molecule has 0 unspecified atom stereocenters. The van der Waals surface area contributed by atoms with Crippen LogP contribution in [-0.4, -0.2) is 40.7 Å². The van der Waals surface area contributed by atoms with Crippen molar-refractivity contribution in [2.75, 3.05) is 13.1 Å². The number of H-pyrrole nitrogens is 1. The molecule has 7 nitrogen and oxygen atoms in total. The summed E-state index contributed by atoms with van der Waals surface area (Å²) < 4.78 is 0. The SMILES string of the molecule is CC(=O)NCCNC(=O)c1csc(C(=O)c2c[nH]c3ccccc23)n1. The van der Waals surface area contributed by atoms with E-state index >= 15 is 0 Å². The lowest BCUT2D eigenvalue weighted by molar-refractivity contribution is -0.118. The third-order valence-corrected chi connectivity index (χ3v) is 4.39. The normalized spacial score (nSPS) is 10.6. The van der Waals surface area contributed by atoms with Gasteiger partial charge >= 0.3 is 0 Å². The van der Waals surface area contributed by atoms with Crippen LogP contribution in [0.3, 0.4) is 0 Å². The van der Waals surface area contributed by atoms with Gasteiger partial charge in [0.15, 0.2) is 5.01 Å². The van der Waals surface area contributed by atoms with Crippen molar-refractivity contribution in [1.82, 2.24) is 20.6 Å². The number of thiazole rings is 1. The maximum Gasteiger partial charge on any atom is 0.270 e. The number of rotatable bonds is 6. The van der Waals surface area contributed by atoms with Crippen molar-refractivity contribution >= 4 is 39.8 Å². The molecule has 3 N–H and O–H groups in total. The first-order valence-electron chi connectivity index (χ1n) is 7.65. The summed E-state index contributed by atoms with van der Waals surface area (Å²) in [5.41, 5.74) is 1.59. The van der Waals surface area contributed by atoms with E-state index in [2.05, 4.69) is 20.6 Å². The summed E-state index contributed by atoms with van der Waals surface area (Å²) in [6.45, 7) is 2.04. The number of nitrogens with zero attached hydrogens (tertiary/aromatic N) is 1. The predicted molar refractivity (Wildman–Crippen MR) is 94.9 cm³/mol. The van der Waals surface area contributed by atoms with E-state index in [-0.39, 0.29) is 28.3 Å². The van der Waals surface area contributed by atoms with Crippen LogP contribution in [0, 0.1) is 0 Å². The highest BCUT2D eigenvalue weighted by Crippen LogP contribution is 2.22. The van der Waals surface area contributed by atoms with Crippen molar-refractivity contribution in [3.63, 3.8) is 0 Å². The lowest BCUT2D eigenvalue weighted by Crippen LogP contribution is -2.33. The molecule has 2 heterocycles. The summed E-state index contributed by atoms with van der Waals surface area (Å²) in [6, 6.07) is 7.51. The molecule has 0 aliphatic rings. The zero-order valence-electron chi connectivity index (χ0n) is 13.5. The zero-order chi connectivity index (χ0) is 17.8. The number of para-hydroxylation sites is 1. The molecule has 0 spiro atoms. The van der Waals surface area contributed by atoms with E-state index in [0.717, 1.165) is 22.2 Å². The lowest BCUT2D eigenvalue weighted by Gasteiger charge is -2.03. The van der Waals surface area contributed by atoms with Crippen molar-refractivity contribution in [3.8, 4) is 0 Å². The van der Waals surface area contributed by atoms with Crippen LogP contribution in [0.2, 0.25) is 0 Å². The monoisotopic (exact) mass is 356 g/mol. The van der Waals surface area contributed by atoms with Gasteiger partial charge in [-0.2, -0.15) is 0 Å². The van der Waals surface area contributed by atoms with E-state index in [4.69, 9.17) is 0 Å². The number of aromatic nitrogens is 2. The van der Waals surface area contributed by atoms with Crippen LogP contribution in [0.15, 0.2) is 35.8 Å². The lowest BCUT2D eigenvalue weighted by atomic mass is 10.1. The van der Waals surface area contributed by atoms with Crippen LogP contribution < -0.4 is 10.6 Å². The summed E-state index contributed by atoms with van der Waals surface area (Å²) in [5.74, 6) is -0.756. The molecule has 25 heavy (non-hydrogen) atoms. The van der Waals surface area contributed by atoms with Gasteiger partial charge in [0.25, 0.3) is 5.91 Å². The number of benzene rings is 1. The Hall–Kier alpha value is -3.00. The number of carbonyl (C=O) groups is 3. The molecule has 0 saturated carbocycles. The van der Waals surface area contributed by atoms with Gasteiger partial charge < -0.3 is 15.6 Å². The molecule has 3 rings (SSSR count). The Morgan fingerprint density at radius 2 is 1.92 bits per heavy atom. The third-order valence-electron chi connectivity index (χ3n) is 3.55. The van der Waals surface area contributed by atoms with E-state index in [1.54, 1.807) is 11.6 Å². The molecule has 0 saturated heterocycles. The van der Waals surface area contributed by atoms with Crippen LogP contribution in [0.25, 0.3) is 10.9 Å². The molecule has 0 fully saturated rings. The number of hydrogen-bond donors (Lipinski definition) is 3. The summed E-state index contributed by atoms with van der Waals surface area (Å²) in [6.07, 6.45) is 1.65. The van der Waals surface area contributed by atoms with Gasteiger partial charge in [-0.25, -0.2) is 4.98 Å². The minimum atomic E-state index is -0.375. The molecule has 8 heteroatoms. The first-order chi connectivity index (χ1) is 12.1. The van der Waals surface area contributed by atoms with Gasteiger partial charge in [0.2, 0.25) is 11.7 Å². The summed E-state index contributed by atoms with van der Waals surface area (Å²) in [7, 11) is 0. The van der Waals surface area contributed by atoms with Gasteiger partial charge in [0.1, 0.15) is 5.69 Å². The fourth-order valence-corrected chi connectivity index (χ4v) is 3.11. The van der Waals surface area contributed by atoms with E-state index in [9.17, 15) is 14.4 Å². The number of nitrogens with one attached hydrogen (secondary N) is 3. The highest BCUT2D eigenvalue weighted by Gasteiger charge is 2.19. The van der Waals surface area contributed by atoms with E-state index in [1.165, 1.54) is 6.92 Å². The molecule has 0 atom stereocenters. The van der Waals surface area contributed by atoms with Crippen LogP contribution >= 0.6 is 11.3 Å². The second-order valence-electron chi connectivity index (χ2n) is 5.35. The van der Waals surface area contributed by atoms with E-state index < -0.39 is 0 Å². The van der Waals surface area contributed by atoms with Crippen molar-refractivity contribution in [2.24, 2.45) is 0 Å². The molecule has 1 aromatic carbocycles. The Labute approximate surface area is 147 Å². The Bertz CT molecular complexity index is 944. The summed E-state index contributed by atoms with van der Waals surface area (Å²) in [5, 5.41) is 7.86. The van der Waals surface area contributed by atoms with Crippen molar-refractivity contribution in [3.05, 3.63) is 52.1 Å². The highest BCUT2D eigenvalue weighted by atomic mass is 32.1. The summed E-state index contributed by atoms with van der Waals surface area (Å²) >= 11 is 1.13. The molecule has 3 aromatic rings. The van der Waals surface area contributed by atoms with Crippen molar-refractivity contribution in [1.29, 1.82) is 0 Å². The second kappa shape index (κ2) is 7.27. The number of hydrogen-bond acceptors (Lipinski definition) is 5. The van der Waals surface area contributed by atoms with Crippen molar-refractivity contribution in [2.45, 2.75) is 6.92 Å². The molecular formula is C17H16N4O3S. The van der Waals surface area contributed by atoms with E-state index in [0.29, 0.717) is 18.7 Å². The fourth-order valence-electron chi connectivity index (χ4n) is 2.36. The van der Waals surface area contributed by atoms with E-state index in [1.807, 2.05) is 24.3 Å². The first kappa shape index (κ1) is 16.8. The Morgan fingerprint density at radius 3 is 2.72 bits per heavy atom. The minimum absolute atomic E-state index is 0.158. The van der Waals surface area contributed by atoms with Crippen LogP contribution in [-0.2, 0) is 4.79 Å². The third kappa shape index (κ3) is 3.74. The molecule has 0 aliphatic heterocycles. The van der Waals surface area contributed by atoms with Gasteiger partial charge in [-0.15, -0.1) is 11.3 Å². The number of amides is 2. The number of fused-ring (bicyclic) bond motifs is 1. The average Bonchev–Trinajstić information content (AvgIpc) is 3.25. The van der Waals surface area contributed by atoms with Gasteiger partial charge in [0, 0.05) is 42.5 Å². The van der Waals surface area contributed by atoms with Gasteiger partial charge in [0.05, 0.1) is 5.56 Å². The van der Waals surface area contributed by atoms with Gasteiger partial charge in [-0.3, -0.25) is 14.4 Å². The molecular weight excluding hydrogens is 340 g/mol. The van der Waals surface area contributed by atoms with Crippen LogP contribution in [0.5, 0.6) is 0 Å².